The third-order valence-electron chi connectivity index (χ3n) is 4.04. The van der Waals surface area contributed by atoms with E-state index in [0.717, 1.165) is 12.8 Å². The Morgan fingerprint density at radius 3 is 2.62 bits per heavy atom. The molecule has 1 N–H and O–H groups in total. The quantitative estimate of drug-likeness (QED) is 0.927. The number of carboxylic acids is 1. The third-order valence-corrected chi connectivity index (χ3v) is 6.11. The molecule has 0 radical (unpaired) electrons. The highest BCUT2D eigenvalue weighted by Gasteiger charge is 2.37. The summed E-state index contributed by atoms with van der Waals surface area (Å²) in [4.78, 5) is 11.2. The molecule has 0 spiro atoms. The lowest BCUT2D eigenvalue weighted by Crippen LogP contribution is -2.38. The highest BCUT2D eigenvalue weighted by molar-refractivity contribution is 7.89. The predicted octanol–water partition coefficient (Wildman–Crippen LogP) is 2.50. The fourth-order valence-corrected chi connectivity index (χ4v) is 4.95. The number of hydrogen-bond acceptors (Lipinski definition) is 3. The van der Waals surface area contributed by atoms with Crippen LogP contribution in [0.5, 0.6) is 0 Å². The highest BCUT2D eigenvalue weighted by Crippen LogP contribution is 2.31. The van der Waals surface area contributed by atoms with E-state index in [0.29, 0.717) is 12.1 Å². The van der Waals surface area contributed by atoms with Crippen LogP contribution < -0.4 is 0 Å². The minimum Gasteiger partial charge on any atom is -0.478 e. The van der Waals surface area contributed by atoms with Gasteiger partial charge >= 0.3 is 5.97 Å². The van der Waals surface area contributed by atoms with Crippen LogP contribution in [0.1, 0.15) is 42.6 Å². The van der Waals surface area contributed by atoms with Gasteiger partial charge in [-0.05, 0) is 43.4 Å². The molecule has 1 unspecified atom stereocenters. The number of sulfonamides is 1. The molecule has 5 nitrogen and oxygen atoms in total. The van der Waals surface area contributed by atoms with Crippen LogP contribution in [0.2, 0.25) is 0 Å². The Balaban J connectivity index is 2.49. The lowest BCUT2D eigenvalue weighted by Gasteiger charge is -2.27. The van der Waals surface area contributed by atoms with Crippen LogP contribution >= 0.6 is 0 Å². The van der Waals surface area contributed by atoms with Crippen molar-refractivity contribution < 1.29 is 18.3 Å². The van der Waals surface area contributed by atoms with Gasteiger partial charge in [0, 0.05) is 12.6 Å². The van der Waals surface area contributed by atoms with Gasteiger partial charge in [0.2, 0.25) is 10.0 Å². The van der Waals surface area contributed by atoms with Crippen molar-refractivity contribution in [3.8, 4) is 0 Å². The third kappa shape index (κ3) is 2.96. The van der Waals surface area contributed by atoms with Crippen molar-refractivity contribution in [3.63, 3.8) is 0 Å². The maximum atomic E-state index is 12.9. The Morgan fingerprint density at radius 2 is 2.05 bits per heavy atom. The summed E-state index contributed by atoms with van der Waals surface area (Å²) in [5.41, 5.74) is 0.578. The summed E-state index contributed by atoms with van der Waals surface area (Å²) in [5.74, 6) is -0.876. The summed E-state index contributed by atoms with van der Waals surface area (Å²) in [6.45, 7) is 6.22. The Morgan fingerprint density at radius 1 is 1.38 bits per heavy atom. The fourth-order valence-electron chi connectivity index (χ4n) is 2.87. The van der Waals surface area contributed by atoms with Gasteiger partial charge < -0.3 is 5.11 Å². The van der Waals surface area contributed by atoms with E-state index in [1.54, 1.807) is 13.0 Å². The van der Waals surface area contributed by atoms with Gasteiger partial charge in [-0.3, -0.25) is 0 Å². The second-order valence-corrected chi connectivity index (χ2v) is 7.71. The highest BCUT2D eigenvalue weighted by atomic mass is 32.2. The van der Waals surface area contributed by atoms with E-state index in [2.05, 4.69) is 0 Å². The summed E-state index contributed by atoms with van der Waals surface area (Å²) in [6.07, 6.45) is 1.70. The molecule has 116 valence electrons. The summed E-state index contributed by atoms with van der Waals surface area (Å²) < 4.78 is 27.3. The molecule has 1 aliphatic rings. The average molecular weight is 311 g/mol. The van der Waals surface area contributed by atoms with E-state index in [1.165, 1.54) is 16.4 Å². The van der Waals surface area contributed by atoms with Crippen molar-refractivity contribution in [1.82, 2.24) is 4.31 Å². The molecule has 0 saturated carbocycles. The number of hydrogen-bond donors (Lipinski definition) is 1. The van der Waals surface area contributed by atoms with Gasteiger partial charge in [0.25, 0.3) is 0 Å². The van der Waals surface area contributed by atoms with E-state index in [4.69, 9.17) is 5.11 Å². The van der Waals surface area contributed by atoms with Gasteiger partial charge in [-0.2, -0.15) is 4.31 Å². The Labute approximate surface area is 125 Å². The molecule has 1 aromatic carbocycles. The van der Waals surface area contributed by atoms with Gasteiger partial charge in [0.05, 0.1) is 10.5 Å². The van der Waals surface area contributed by atoms with Crippen molar-refractivity contribution in [2.24, 2.45) is 5.92 Å². The van der Waals surface area contributed by atoms with Crippen LogP contribution in [0.3, 0.4) is 0 Å². The molecule has 1 aliphatic heterocycles. The smallest absolute Gasteiger partial charge is 0.335 e. The molecule has 21 heavy (non-hydrogen) atoms. The fraction of sp³-hybridized carbons (Fsp3) is 0.533. The minimum absolute atomic E-state index is 0.000492. The van der Waals surface area contributed by atoms with Gasteiger partial charge in [-0.25, -0.2) is 13.2 Å². The molecule has 0 amide bonds. The monoisotopic (exact) mass is 311 g/mol. The second kappa shape index (κ2) is 5.77. The molecule has 1 aromatic rings. The first kappa shape index (κ1) is 16.0. The SMILES string of the molecule is Cc1ccc(C(=O)O)cc1S(=O)(=O)N1CCCC1C(C)C. The molecule has 6 heteroatoms. The lowest BCUT2D eigenvalue weighted by atomic mass is 10.0. The minimum atomic E-state index is -3.65. The molecule has 1 saturated heterocycles. The molecule has 1 atom stereocenters. The van der Waals surface area contributed by atoms with E-state index in [-0.39, 0.29) is 22.4 Å². The number of benzene rings is 1. The van der Waals surface area contributed by atoms with Crippen LogP contribution in [0, 0.1) is 12.8 Å². The summed E-state index contributed by atoms with van der Waals surface area (Å²) in [6, 6.07) is 4.24. The molecular weight excluding hydrogens is 290 g/mol. The van der Waals surface area contributed by atoms with E-state index >= 15 is 0 Å². The van der Waals surface area contributed by atoms with E-state index in [9.17, 15) is 13.2 Å². The topological polar surface area (TPSA) is 74.7 Å². The van der Waals surface area contributed by atoms with Crippen LogP contribution in [0.15, 0.2) is 23.1 Å². The Hall–Kier alpha value is -1.40. The molecule has 1 heterocycles. The van der Waals surface area contributed by atoms with Crippen molar-refractivity contribution in [1.29, 1.82) is 0 Å². The normalized spacial score (nSPS) is 20.1. The molecule has 1 fully saturated rings. The number of carbonyl (C=O) groups is 1. The molecule has 0 aliphatic carbocycles. The predicted molar refractivity (Wildman–Crippen MR) is 79.9 cm³/mol. The maximum Gasteiger partial charge on any atom is 0.335 e. The zero-order valence-electron chi connectivity index (χ0n) is 12.5. The maximum absolute atomic E-state index is 12.9. The zero-order chi connectivity index (χ0) is 15.8. The second-order valence-electron chi connectivity index (χ2n) is 5.85. The number of aryl methyl sites for hydroxylation is 1. The molecular formula is C15H21NO4S. The number of nitrogens with zero attached hydrogens (tertiary/aromatic N) is 1. The van der Waals surface area contributed by atoms with Crippen LogP contribution in [0.25, 0.3) is 0 Å². The van der Waals surface area contributed by atoms with Crippen molar-refractivity contribution in [2.75, 3.05) is 6.54 Å². The van der Waals surface area contributed by atoms with Crippen molar-refractivity contribution in [2.45, 2.75) is 44.6 Å². The van der Waals surface area contributed by atoms with Crippen LogP contribution in [-0.4, -0.2) is 36.4 Å². The number of aromatic carboxylic acids is 1. The van der Waals surface area contributed by atoms with E-state index < -0.39 is 16.0 Å². The van der Waals surface area contributed by atoms with Crippen molar-refractivity contribution >= 4 is 16.0 Å². The van der Waals surface area contributed by atoms with Crippen molar-refractivity contribution in [3.05, 3.63) is 29.3 Å². The van der Waals surface area contributed by atoms with Crippen LogP contribution in [-0.2, 0) is 10.0 Å². The Bertz CT molecular complexity index is 652. The number of rotatable bonds is 4. The first-order chi connectivity index (χ1) is 9.75. The summed E-state index contributed by atoms with van der Waals surface area (Å²) in [7, 11) is -3.65. The largest absolute Gasteiger partial charge is 0.478 e. The first-order valence-electron chi connectivity index (χ1n) is 7.11. The zero-order valence-corrected chi connectivity index (χ0v) is 13.4. The van der Waals surface area contributed by atoms with Gasteiger partial charge in [-0.15, -0.1) is 0 Å². The molecule has 0 aromatic heterocycles. The first-order valence-corrected chi connectivity index (χ1v) is 8.55. The van der Waals surface area contributed by atoms with Crippen LogP contribution in [0.4, 0.5) is 0 Å². The van der Waals surface area contributed by atoms with Gasteiger partial charge in [-0.1, -0.05) is 19.9 Å². The summed E-state index contributed by atoms with van der Waals surface area (Å²) >= 11 is 0. The lowest BCUT2D eigenvalue weighted by molar-refractivity contribution is 0.0696. The number of carboxylic acid groups (broad SMARTS) is 1. The standard InChI is InChI=1S/C15H21NO4S/c1-10(2)13-5-4-8-16(13)21(19,20)14-9-12(15(17)18)7-6-11(14)3/h6-7,9-10,13H,4-5,8H2,1-3H3,(H,17,18). The molecule has 0 bridgehead atoms. The summed E-state index contributed by atoms with van der Waals surface area (Å²) in [5, 5.41) is 9.06. The van der Waals surface area contributed by atoms with E-state index in [1.807, 2.05) is 13.8 Å². The average Bonchev–Trinajstić information content (AvgIpc) is 2.88. The Kier molecular flexibility index (Phi) is 4.39. The van der Waals surface area contributed by atoms with Gasteiger partial charge in [0.15, 0.2) is 0 Å². The van der Waals surface area contributed by atoms with Gasteiger partial charge in [0.1, 0.15) is 0 Å². The molecule has 2 rings (SSSR count).